The van der Waals surface area contributed by atoms with Gasteiger partial charge in [-0.25, -0.2) is 0 Å². The van der Waals surface area contributed by atoms with Crippen molar-refractivity contribution in [1.82, 2.24) is 0 Å². The molecule has 0 aromatic rings. The number of hydrogen-bond donors (Lipinski definition) is 0. The van der Waals surface area contributed by atoms with Gasteiger partial charge >= 0.3 is 6.01 Å². The third-order valence-electron chi connectivity index (χ3n) is 5.01. The molecule has 0 N–H and O–H groups in total. The van der Waals surface area contributed by atoms with Gasteiger partial charge in [-0.3, -0.25) is 0 Å². The first kappa shape index (κ1) is 21.9. The third-order valence-corrected chi connectivity index (χ3v) is 11.2. The van der Waals surface area contributed by atoms with Gasteiger partial charge in [-0.05, 0) is 18.0 Å². The maximum absolute atomic E-state index is 13.6. The van der Waals surface area contributed by atoms with Gasteiger partial charge in [-0.1, -0.05) is 84.4 Å². The normalized spacial score (nSPS) is 14.7. The fraction of sp³-hybridized carbons (Fsp3) is 0.882. The molecule has 0 saturated carbocycles. The average molecular weight is 355 g/mol. The highest BCUT2D eigenvalue weighted by molar-refractivity contribution is 6.80. The van der Waals surface area contributed by atoms with Crippen LogP contribution in [-0.4, -0.2) is 13.8 Å². The largest absolute Gasteiger partial charge is 0.469 e. The zero-order chi connectivity index (χ0) is 17.0. The van der Waals surface area contributed by atoms with E-state index in [1.807, 2.05) is 0 Å². The molecule has 0 fully saturated rings. The summed E-state index contributed by atoms with van der Waals surface area (Å²) < 4.78 is 31.8. The molecule has 5 heteroatoms. The van der Waals surface area contributed by atoms with Crippen LogP contribution in [0.15, 0.2) is 11.3 Å². The monoisotopic (exact) mass is 354 g/mol. The van der Waals surface area contributed by atoms with Crippen LogP contribution in [0.25, 0.3) is 0 Å². The Morgan fingerprint density at radius 3 is 1.86 bits per heavy atom. The highest BCUT2D eigenvalue weighted by atomic mass is 35.5. The van der Waals surface area contributed by atoms with Crippen LogP contribution in [0.4, 0.5) is 8.78 Å². The van der Waals surface area contributed by atoms with Gasteiger partial charge < -0.3 is 4.74 Å². The van der Waals surface area contributed by atoms with Crippen molar-refractivity contribution < 1.29 is 13.5 Å². The molecule has 132 valence electrons. The molecule has 0 radical (unpaired) electrons. The molecule has 0 saturated heterocycles. The second-order valence-electron chi connectivity index (χ2n) is 6.12. The van der Waals surface area contributed by atoms with Gasteiger partial charge in [0.25, 0.3) is 5.29 Å². The second kappa shape index (κ2) is 12.3. The summed E-state index contributed by atoms with van der Waals surface area (Å²) in [6, 6.07) is 1.84. The van der Waals surface area contributed by atoms with E-state index in [9.17, 15) is 8.78 Å². The van der Waals surface area contributed by atoms with Crippen LogP contribution in [0, 0.1) is 0 Å². The first-order chi connectivity index (χ1) is 10.5. The summed E-state index contributed by atoms with van der Waals surface area (Å²) in [4.78, 5) is 0. The van der Waals surface area contributed by atoms with Crippen LogP contribution in [-0.2, 0) is 4.74 Å². The van der Waals surface area contributed by atoms with Crippen molar-refractivity contribution in [3.8, 4) is 0 Å². The molecule has 0 amide bonds. The maximum Gasteiger partial charge on any atom is 0.321 e. The van der Waals surface area contributed by atoms with Gasteiger partial charge in [0.2, 0.25) is 0 Å². The molecule has 1 nitrogen and oxygen atoms in total. The van der Waals surface area contributed by atoms with Gasteiger partial charge in [-0.15, -0.1) is 0 Å². The Hall–Kier alpha value is -0.0931. The number of halogens is 3. The smallest absolute Gasteiger partial charge is 0.321 e. The lowest BCUT2D eigenvalue weighted by Crippen LogP contribution is -2.47. The maximum atomic E-state index is 13.6. The first-order valence-corrected chi connectivity index (χ1v) is 11.9. The molecule has 0 spiro atoms. The summed E-state index contributed by atoms with van der Waals surface area (Å²) in [6.07, 6.45) is 7.93. The Morgan fingerprint density at radius 2 is 1.41 bits per heavy atom. The van der Waals surface area contributed by atoms with E-state index >= 15 is 0 Å². The summed E-state index contributed by atoms with van der Waals surface area (Å²) in [5, 5.41) is -1.36. The summed E-state index contributed by atoms with van der Waals surface area (Å²) in [5.74, 6) is 0. The molecule has 0 aromatic carbocycles. The molecule has 0 aromatic heterocycles. The molecule has 0 aliphatic carbocycles. The van der Waals surface area contributed by atoms with Crippen LogP contribution in [0.1, 0.15) is 72.6 Å². The quantitative estimate of drug-likeness (QED) is 0.189. The minimum absolute atomic E-state index is 0.178. The van der Waals surface area contributed by atoms with Crippen LogP contribution < -0.4 is 0 Å². The SMILES string of the molecule is CCCCCCCCC(OC(F)=C(F)Cl)[Si](CC)(CC)CC. The summed E-state index contributed by atoms with van der Waals surface area (Å²) in [5.41, 5.74) is -0.178. The van der Waals surface area contributed by atoms with E-state index < -0.39 is 19.4 Å². The summed E-state index contributed by atoms with van der Waals surface area (Å²) in [6.45, 7) is 8.64. The first-order valence-electron chi connectivity index (χ1n) is 8.84. The molecule has 22 heavy (non-hydrogen) atoms. The summed E-state index contributed by atoms with van der Waals surface area (Å²) >= 11 is 5.10. The zero-order valence-corrected chi connectivity index (χ0v) is 16.4. The van der Waals surface area contributed by atoms with Gasteiger partial charge in [0.05, 0.1) is 5.73 Å². The van der Waals surface area contributed by atoms with Crippen LogP contribution in [0.3, 0.4) is 0 Å². The molecule has 0 aliphatic heterocycles. The molecule has 1 unspecified atom stereocenters. The van der Waals surface area contributed by atoms with Crippen molar-refractivity contribution in [1.29, 1.82) is 0 Å². The minimum atomic E-state index is -1.75. The lowest BCUT2D eigenvalue weighted by Gasteiger charge is -2.36. The van der Waals surface area contributed by atoms with E-state index in [1.54, 1.807) is 0 Å². The molecule has 0 rings (SSSR count). The van der Waals surface area contributed by atoms with Crippen molar-refractivity contribution in [2.75, 3.05) is 0 Å². The molecule has 1 atom stereocenters. The van der Waals surface area contributed by atoms with Crippen LogP contribution in [0.2, 0.25) is 18.1 Å². The molecular weight excluding hydrogens is 322 g/mol. The van der Waals surface area contributed by atoms with Crippen molar-refractivity contribution in [2.45, 2.75) is 96.5 Å². The van der Waals surface area contributed by atoms with E-state index in [0.29, 0.717) is 0 Å². The van der Waals surface area contributed by atoms with E-state index in [0.717, 1.165) is 37.4 Å². The lowest BCUT2D eigenvalue weighted by molar-refractivity contribution is 0.0972. The minimum Gasteiger partial charge on any atom is -0.469 e. The zero-order valence-electron chi connectivity index (χ0n) is 14.7. The predicted octanol–water partition coefficient (Wildman–Crippen LogP) is 7.47. The lowest BCUT2D eigenvalue weighted by atomic mass is 10.1. The fourth-order valence-electron chi connectivity index (χ4n) is 3.20. The number of unbranched alkanes of at least 4 members (excludes halogenated alkanes) is 5. The standard InChI is InChI=1S/C17H33ClF2OSi/c1-5-9-10-11-12-13-14-15(21-17(20)16(18)19)22(6-2,7-3)8-4/h15H,5-14H2,1-4H3. The van der Waals surface area contributed by atoms with E-state index in [-0.39, 0.29) is 5.73 Å². The van der Waals surface area contributed by atoms with Crippen molar-refractivity contribution in [2.24, 2.45) is 0 Å². The Labute approximate surface area is 141 Å². The van der Waals surface area contributed by atoms with Crippen molar-refractivity contribution in [3.63, 3.8) is 0 Å². The third kappa shape index (κ3) is 7.45. The highest BCUT2D eigenvalue weighted by Crippen LogP contribution is 2.32. The van der Waals surface area contributed by atoms with Gasteiger partial charge in [0.15, 0.2) is 0 Å². The summed E-state index contributed by atoms with van der Waals surface area (Å²) in [7, 11) is -1.75. The average Bonchev–Trinajstić information content (AvgIpc) is 2.52. The number of ether oxygens (including phenoxy) is 1. The molecule has 0 aliphatic rings. The fourth-order valence-corrected chi connectivity index (χ4v) is 7.28. The van der Waals surface area contributed by atoms with E-state index in [1.165, 1.54) is 25.7 Å². The molecular formula is C17H33ClF2OSi. The molecule has 0 bridgehead atoms. The Kier molecular flexibility index (Phi) is 12.3. The highest BCUT2D eigenvalue weighted by Gasteiger charge is 2.38. The Balaban J connectivity index is 4.69. The predicted molar refractivity (Wildman–Crippen MR) is 95.2 cm³/mol. The topological polar surface area (TPSA) is 9.23 Å². The van der Waals surface area contributed by atoms with Crippen molar-refractivity contribution in [3.05, 3.63) is 11.3 Å². The van der Waals surface area contributed by atoms with Crippen LogP contribution in [0.5, 0.6) is 0 Å². The van der Waals surface area contributed by atoms with E-state index in [2.05, 4.69) is 27.7 Å². The number of hydrogen-bond acceptors (Lipinski definition) is 1. The Bertz CT molecular complexity index is 308. The van der Waals surface area contributed by atoms with Gasteiger partial charge in [0, 0.05) is 0 Å². The number of rotatable bonds is 13. The van der Waals surface area contributed by atoms with Crippen molar-refractivity contribution >= 4 is 19.7 Å². The second-order valence-corrected chi connectivity index (χ2v) is 11.9. The van der Waals surface area contributed by atoms with Crippen LogP contribution >= 0.6 is 11.6 Å². The van der Waals surface area contributed by atoms with Gasteiger partial charge in [0.1, 0.15) is 8.07 Å². The molecule has 0 heterocycles. The van der Waals surface area contributed by atoms with Gasteiger partial charge in [-0.2, -0.15) is 8.78 Å². The van der Waals surface area contributed by atoms with E-state index in [4.69, 9.17) is 16.3 Å². The Morgan fingerprint density at radius 1 is 0.909 bits per heavy atom.